The summed E-state index contributed by atoms with van der Waals surface area (Å²) in [5, 5.41) is 4.80. The Morgan fingerprint density at radius 1 is 1.12 bits per heavy atom. The molecule has 1 aliphatic heterocycles. The summed E-state index contributed by atoms with van der Waals surface area (Å²) < 4.78 is 6.27. The molecule has 132 valence electrons. The van der Waals surface area contributed by atoms with E-state index in [0.717, 1.165) is 40.7 Å². The van der Waals surface area contributed by atoms with Gasteiger partial charge in [-0.2, -0.15) is 5.10 Å². The highest BCUT2D eigenvalue weighted by molar-refractivity contribution is 5.85. The number of halogens is 1. The molecule has 0 atom stereocenters. The number of hydrogen-bond acceptors (Lipinski definition) is 3. The molecule has 0 amide bonds. The molecule has 0 unspecified atom stereocenters. The zero-order valence-corrected chi connectivity index (χ0v) is 15.4. The van der Waals surface area contributed by atoms with Crippen molar-refractivity contribution in [2.45, 2.75) is 19.9 Å². The van der Waals surface area contributed by atoms with Gasteiger partial charge in [0.2, 0.25) is 0 Å². The van der Waals surface area contributed by atoms with Gasteiger partial charge in [0, 0.05) is 30.9 Å². The second-order valence-corrected chi connectivity index (χ2v) is 6.46. The van der Waals surface area contributed by atoms with E-state index >= 15 is 0 Å². The van der Waals surface area contributed by atoms with Gasteiger partial charge in [-0.1, -0.05) is 12.1 Å². The minimum atomic E-state index is 0. The Labute approximate surface area is 157 Å². The van der Waals surface area contributed by atoms with E-state index in [9.17, 15) is 0 Å². The van der Waals surface area contributed by atoms with E-state index in [2.05, 4.69) is 38.4 Å². The minimum Gasteiger partial charge on any atom is -0.354 e. The fourth-order valence-electron chi connectivity index (χ4n) is 3.49. The van der Waals surface area contributed by atoms with Crippen LogP contribution in [0.4, 0.5) is 0 Å². The van der Waals surface area contributed by atoms with E-state index in [1.165, 1.54) is 5.69 Å². The molecule has 1 aromatic carbocycles. The zero-order chi connectivity index (χ0) is 17.0. The predicted molar refractivity (Wildman–Crippen MR) is 102 cm³/mol. The van der Waals surface area contributed by atoms with Crippen LogP contribution in [0.3, 0.4) is 0 Å². The second-order valence-electron chi connectivity index (χ2n) is 6.46. The lowest BCUT2D eigenvalue weighted by Gasteiger charge is -2.07. The van der Waals surface area contributed by atoms with Crippen LogP contribution in [-0.2, 0) is 20.0 Å². The number of fused-ring (bicyclic) bond motifs is 5. The second kappa shape index (κ2) is 6.14. The lowest BCUT2D eigenvalue weighted by Crippen LogP contribution is -2.06. The summed E-state index contributed by atoms with van der Waals surface area (Å²) in [6.07, 6.45) is 4.66. The van der Waals surface area contributed by atoms with E-state index in [1.54, 1.807) is 0 Å². The number of benzene rings is 1. The van der Waals surface area contributed by atoms with Crippen molar-refractivity contribution < 1.29 is 0 Å². The fourth-order valence-corrected chi connectivity index (χ4v) is 3.49. The average Bonchev–Trinajstić information content (AvgIpc) is 3.28. The van der Waals surface area contributed by atoms with Gasteiger partial charge in [0.25, 0.3) is 0 Å². The first kappa shape index (κ1) is 16.6. The molecule has 7 heteroatoms. The summed E-state index contributed by atoms with van der Waals surface area (Å²) in [4.78, 5) is 9.35. The van der Waals surface area contributed by atoms with Crippen molar-refractivity contribution in [3.8, 4) is 17.1 Å². The number of hydrogen-bond donors (Lipinski definition) is 0. The third-order valence-corrected chi connectivity index (χ3v) is 4.89. The summed E-state index contributed by atoms with van der Waals surface area (Å²) in [5.74, 6) is 1.76. The number of aromatic nitrogens is 6. The highest BCUT2D eigenvalue weighted by atomic mass is 35.5. The Kier molecular flexibility index (Phi) is 3.92. The molecule has 0 radical (unpaired) electrons. The van der Waals surface area contributed by atoms with Crippen LogP contribution in [0.25, 0.3) is 17.1 Å². The van der Waals surface area contributed by atoms with Gasteiger partial charge >= 0.3 is 0 Å². The quantitative estimate of drug-likeness (QED) is 0.482. The molecule has 4 aromatic rings. The van der Waals surface area contributed by atoms with Crippen LogP contribution in [-0.4, -0.2) is 28.9 Å². The van der Waals surface area contributed by atoms with Gasteiger partial charge in [-0.25, -0.2) is 14.6 Å². The molecular weight excluding hydrogens is 348 g/mol. The van der Waals surface area contributed by atoms with Crippen LogP contribution in [0.15, 0.2) is 48.9 Å². The summed E-state index contributed by atoms with van der Waals surface area (Å²) in [7, 11) is 2.05. The molecule has 4 heterocycles. The Bertz CT molecular complexity index is 1090. The summed E-state index contributed by atoms with van der Waals surface area (Å²) >= 11 is 0. The van der Waals surface area contributed by atoms with Crippen LogP contribution in [0.5, 0.6) is 0 Å². The van der Waals surface area contributed by atoms with Crippen LogP contribution in [0.2, 0.25) is 0 Å². The Morgan fingerprint density at radius 2 is 1.96 bits per heavy atom. The van der Waals surface area contributed by atoms with Gasteiger partial charge in [-0.3, -0.25) is 0 Å². The molecule has 0 bridgehead atoms. The van der Waals surface area contributed by atoms with E-state index < -0.39 is 0 Å². The number of aryl methyl sites for hydroxylation is 2. The molecule has 0 fully saturated rings. The lowest BCUT2D eigenvalue weighted by molar-refractivity contribution is 0.662. The topological polar surface area (TPSA) is 53.5 Å². The summed E-state index contributed by atoms with van der Waals surface area (Å²) in [6.45, 7) is 2.72. The van der Waals surface area contributed by atoms with Crippen LogP contribution < -0.4 is 0 Å². The molecular formula is C19H19ClN6. The largest absolute Gasteiger partial charge is 0.354 e. The van der Waals surface area contributed by atoms with E-state index in [-0.39, 0.29) is 12.4 Å². The third-order valence-electron chi connectivity index (χ3n) is 4.89. The lowest BCUT2D eigenvalue weighted by atomic mass is 10.1. The molecule has 26 heavy (non-hydrogen) atoms. The van der Waals surface area contributed by atoms with Crippen molar-refractivity contribution in [2.75, 3.05) is 0 Å². The highest BCUT2D eigenvalue weighted by Gasteiger charge is 2.23. The average molecular weight is 367 g/mol. The molecule has 5 rings (SSSR count). The molecule has 3 aromatic heterocycles. The van der Waals surface area contributed by atoms with E-state index in [4.69, 9.17) is 10.1 Å². The summed E-state index contributed by atoms with van der Waals surface area (Å²) in [5.41, 5.74) is 5.58. The van der Waals surface area contributed by atoms with E-state index in [1.807, 2.05) is 43.3 Å². The monoisotopic (exact) mass is 366 g/mol. The first-order valence-electron chi connectivity index (χ1n) is 8.37. The van der Waals surface area contributed by atoms with Crippen molar-refractivity contribution in [3.05, 3.63) is 71.8 Å². The molecule has 0 N–H and O–H groups in total. The SMILES string of the molecule is Cc1ncn2c1Cn1nc(Cc3cccn3C)nc1-c1ccccc1-2.Cl. The molecule has 1 aliphatic rings. The first-order valence-corrected chi connectivity index (χ1v) is 8.37. The molecule has 0 aliphatic carbocycles. The highest BCUT2D eigenvalue weighted by Crippen LogP contribution is 2.31. The van der Waals surface area contributed by atoms with Gasteiger partial charge in [-0.15, -0.1) is 12.4 Å². The maximum Gasteiger partial charge on any atom is 0.160 e. The Morgan fingerprint density at radius 3 is 2.77 bits per heavy atom. The van der Waals surface area contributed by atoms with Crippen LogP contribution >= 0.6 is 12.4 Å². The number of nitrogens with zero attached hydrogens (tertiary/aromatic N) is 6. The van der Waals surface area contributed by atoms with Crippen molar-refractivity contribution >= 4 is 12.4 Å². The van der Waals surface area contributed by atoms with Gasteiger partial charge in [0.15, 0.2) is 11.6 Å². The maximum absolute atomic E-state index is 4.87. The maximum atomic E-state index is 4.87. The summed E-state index contributed by atoms with van der Waals surface area (Å²) in [6, 6.07) is 12.5. The Hall–Kier alpha value is -2.86. The van der Waals surface area contributed by atoms with E-state index in [0.29, 0.717) is 6.54 Å². The van der Waals surface area contributed by atoms with Crippen LogP contribution in [0.1, 0.15) is 22.9 Å². The van der Waals surface area contributed by atoms with Crippen LogP contribution in [0, 0.1) is 6.92 Å². The first-order chi connectivity index (χ1) is 12.2. The van der Waals surface area contributed by atoms with Crippen molar-refractivity contribution in [2.24, 2.45) is 7.05 Å². The predicted octanol–water partition coefficient (Wildman–Crippen LogP) is 3.15. The zero-order valence-electron chi connectivity index (χ0n) is 14.6. The van der Waals surface area contributed by atoms with Crippen molar-refractivity contribution in [1.29, 1.82) is 0 Å². The molecule has 0 saturated carbocycles. The molecule has 0 saturated heterocycles. The van der Waals surface area contributed by atoms with Gasteiger partial charge < -0.3 is 9.13 Å². The number of rotatable bonds is 2. The Balaban J connectivity index is 0.00000168. The van der Waals surface area contributed by atoms with Crippen molar-refractivity contribution in [3.63, 3.8) is 0 Å². The standard InChI is InChI=1S/C19H18N6.ClH/c1-13-17-11-25-19(15-7-3-4-8-16(15)24(17)12-20-13)21-18(22-25)10-14-6-5-9-23(14)2;/h3-9,12H,10-11H2,1-2H3;1H. The van der Waals surface area contributed by atoms with Crippen molar-refractivity contribution in [1.82, 2.24) is 28.9 Å². The normalized spacial score (nSPS) is 11.9. The number of imidazole rings is 1. The van der Waals surface area contributed by atoms with Gasteiger partial charge in [0.1, 0.15) is 0 Å². The smallest absolute Gasteiger partial charge is 0.160 e. The number of para-hydroxylation sites is 1. The molecule has 6 nitrogen and oxygen atoms in total. The fraction of sp³-hybridized carbons (Fsp3) is 0.211. The minimum absolute atomic E-state index is 0. The molecule has 0 spiro atoms. The van der Waals surface area contributed by atoms with Gasteiger partial charge in [0.05, 0.1) is 29.9 Å². The van der Waals surface area contributed by atoms with Gasteiger partial charge in [-0.05, 0) is 31.2 Å². The third kappa shape index (κ3) is 2.45.